The highest BCUT2D eigenvalue weighted by Crippen LogP contribution is 2.39. The predicted octanol–water partition coefficient (Wildman–Crippen LogP) is 2.09. The maximum absolute atomic E-state index is 12.5. The van der Waals surface area contributed by atoms with Crippen molar-refractivity contribution < 1.29 is 14.3 Å². The molecule has 24 heavy (non-hydrogen) atoms. The molecule has 0 radical (unpaired) electrons. The second kappa shape index (κ2) is 6.82. The topological polar surface area (TPSA) is 50.8 Å². The molecule has 2 heterocycles. The van der Waals surface area contributed by atoms with Gasteiger partial charge in [-0.1, -0.05) is 30.3 Å². The maximum Gasteiger partial charge on any atom is 0.242 e. The Kier molecular flexibility index (Phi) is 4.57. The van der Waals surface area contributed by atoms with Gasteiger partial charge < -0.3 is 14.8 Å². The van der Waals surface area contributed by atoms with Gasteiger partial charge in [-0.05, 0) is 24.3 Å². The predicted molar refractivity (Wildman–Crippen MR) is 90.4 cm³/mol. The van der Waals surface area contributed by atoms with Crippen molar-refractivity contribution in [1.82, 2.24) is 10.2 Å². The van der Waals surface area contributed by atoms with E-state index in [2.05, 4.69) is 22.3 Å². The van der Waals surface area contributed by atoms with E-state index in [1.165, 1.54) is 0 Å². The van der Waals surface area contributed by atoms with Crippen molar-refractivity contribution >= 4 is 5.91 Å². The van der Waals surface area contributed by atoms with E-state index < -0.39 is 0 Å². The molecule has 1 N–H and O–H groups in total. The summed E-state index contributed by atoms with van der Waals surface area (Å²) in [5, 5.41) is 3.02. The molecule has 3 aliphatic rings. The van der Waals surface area contributed by atoms with Crippen LogP contribution in [0.2, 0.25) is 0 Å². The van der Waals surface area contributed by atoms with Gasteiger partial charge in [0.05, 0.1) is 13.2 Å². The second-order valence-corrected chi connectivity index (χ2v) is 7.15. The van der Waals surface area contributed by atoms with Gasteiger partial charge in [-0.3, -0.25) is 9.69 Å². The summed E-state index contributed by atoms with van der Waals surface area (Å²) in [4.78, 5) is 14.8. The van der Waals surface area contributed by atoms with Gasteiger partial charge in [0.1, 0.15) is 6.04 Å². The van der Waals surface area contributed by atoms with Crippen LogP contribution in [0.25, 0.3) is 0 Å². The maximum atomic E-state index is 12.5. The average molecular weight is 330 g/mol. The summed E-state index contributed by atoms with van der Waals surface area (Å²) in [7, 11) is 0. The minimum absolute atomic E-state index is 0.127. The number of hydrogen-bond donors (Lipinski definition) is 1. The lowest BCUT2D eigenvalue weighted by Gasteiger charge is -2.41. The van der Waals surface area contributed by atoms with Gasteiger partial charge in [0.15, 0.2) is 5.79 Å². The highest BCUT2D eigenvalue weighted by Gasteiger charge is 2.41. The first-order valence-corrected chi connectivity index (χ1v) is 9.10. The summed E-state index contributed by atoms with van der Waals surface area (Å²) in [5.74, 6) is 0.442. The zero-order valence-corrected chi connectivity index (χ0v) is 14.1. The van der Waals surface area contributed by atoms with E-state index in [1.807, 2.05) is 18.2 Å². The highest BCUT2D eigenvalue weighted by molar-refractivity contribution is 5.83. The van der Waals surface area contributed by atoms with Crippen molar-refractivity contribution in [3.8, 4) is 0 Å². The first-order valence-electron chi connectivity index (χ1n) is 9.10. The third-order valence-electron chi connectivity index (χ3n) is 5.60. The number of carbonyl (C=O) groups is 1. The number of amides is 1. The van der Waals surface area contributed by atoms with Crippen LogP contribution in [-0.2, 0) is 14.3 Å². The van der Waals surface area contributed by atoms with Crippen molar-refractivity contribution in [3.05, 3.63) is 35.9 Å². The van der Waals surface area contributed by atoms with Crippen LogP contribution in [0.1, 0.15) is 37.3 Å². The second-order valence-electron chi connectivity index (χ2n) is 7.15. The number of hydrogen-bond acceptors (Lipinski definition) is 4. The quantitative estimate of drug-likeness (QED) is 0.922. The Morgan fingerprint density at radius 3 is 2.54 bits per heavy atom. The molecule has 1 saturated carbocycles. The third kappa shape index (κ3) is 3.21. The van der Waals surface area contributed by atoms with E-state index in [9.17, 15) is 4.79 Å². The molecule has 130 valence electrons. The summed E-state index contributed by atoms with van der Waals surface area (Å²) in [5.41, 5.74) is 1.09. The molecule has 0 bridgehead atoms. The fourth-order valence-corrected chi connectivity index (χ4v) is 4.33. The highest BCUT2D eigenvalue weighted by atomic mass is 16.7. The van der Waals surface area contributed by atoms with Gasteiger partial charge in [-0.15, -0.1) is 0 Å². The minimum Gasteiger partial charge on any atom is -0.353 e. The molecule has 1 amide bonds. The lowest BCUT2D eigenvalue weighted by Crippen LogP contribution is -2.51. The lowest BCUT2D eigenvalue weighted by molar-refractivity contribution is -0.183. The smallest absolute Gasteiger partial charge is 0.242 e. The Morgan fingerprint density at radius 2 is 1.83 bits per heavy atom. The van der Waals surface area contributed by atoms with Crippen LogP contribution in [0.3, 0.4) is 0 Å². The molecule has 0 aromatic heterocycles. The van der Waals surface area contributed by atoms with E-state index in [0.29, 0.717) is 5.92 Å². The first-order chi connectivity index (χ1) is 11.8. The fourth-order valence-electron chi connectivity index (χ4n) is 4.33. The molecule has 2 saturated heterocycles. The molecule has 5 heteroatoms. The van der Waals surface area contributed by atoms with Crippen LogP contribution in [0.4, 0.5) is 0 Å². The summed E-state index contributed by atoms with van der Waals surface area (Å²) in [6.07, 6.45) is 4.18. The molecule has 2 aliphatic heterocycles. The first kappa shape index (κ1) is 16.1. The zero-order chi connectivity index (χ0) is 16.4. The standard InChI is InChI=1S/C19H26N2O3/c22-18-17(16-4-2-1-3-5-16)21(11-10-20-18)14-15-6-8-19(9-7-15)23-12-13-24-19/h1-5,15,17H,6-14H2,(H,20,22)/t17-/m0/s1. The number of ether oxygens (including phenoxy) is 2. The lowest BCUT2D eigenvalue weighted by atomic mass is 9.84. The molecular formula is C19H26N2O3. The summed E-state index contributed by atoms with van der Waals surface area (Å²) in [6.45, 7) is 4.09. The molecule has 4 rings (SSSR count). The minimum atomic E-state index is -0.297. The van der Waals surface area contributed by atoms with E-state index in [1.54, 1.807) is 0 Å². The van der Waals surface area contributed by atoms with Crippen LogP contribution in [-0.4, -0.2) is 49.4 Å². The fraction of sp³-hybridized carbons (Fsp3) is 0.632. The summed E-state index contributed by atoms with van der Waals surface area (Å²) >= 11 is 0. The number of benzene rings is 1. The Morgan fingerprint density at radius 1 is 1.12 bits per heavy atom. The van der Waals surface area contributed by atoms with E-state index >= 15 is 0 Å². The summed E-state index contributed by atoms with van der Waals surface area (Å²) < 4.78 is 11.7. The van der Waals surface area contributed by atoms with Crippen LogP contribution >= 0.6 is 0 Å². The number of piperazine rings is 1. The van der Waals surface area contributed by atoms with E-state index in [0.717, 1.165) is 64.1 Å². The molecule has 1 atom stereocenters. The molecule has 3 fully saturated rings. The van der Waals surface area contributed by atoms with Crippen LogP contribution in [0.15, 0.2) is 30.3 Å². The molecule has 0 unspecified atom stereocenters. The normalized spacial score (nSPS) is 28.2. The molecule has 1 aromatic carbocycles. The van der Waals surface area contributed by atoms with Gasteiger partial charge >= 0.3 is 0 Å². The van der Waals surface area contributed by atoms with Crippen molar-refractivity contribution in [3.63, 3.8) is 0 Å². The van der Waals surface area contributed by atoms with Gasteiger partial charge in [-0.2, -0.15) is 0 Å². The van der Waals surface area contributed by atoms with E-state index in [-0.39, 0.29) is 17.7 Å². The van der Waals surface area contributed by atoms with Crippen molar-refractivity contribution in [2.24, 2.45) is 5.92 Å². The van der Waals surface area contributed by atoms with Gasteiger partial charge in [-0.25, -0.2) is 0 Å². The SMILES string of the molecule is O=C1NCCN(CC2CCC3(CC2)OCCO3)[C@H]1c1ccccc1. The molecule has 1 spiro atoms. The van der Waals surface area contributed by atoms with E-state index in [4.69, 9.17) is 9.47 Å². The van der Waals surface area contributed by atoms with Crippen LogP contribution < -0.4 is 5.32 Å². The largest absolute Gasteiger partial charge is 0.353 e. The molecule has 5 nitrogen and oxygen atoms in total. The number of carbonyl (C=O) groups excluding carboxylic acids is 1. The van der Waals surface area contributed by atoms with Gasteiger partial charge in [0.25, 0.3) is 0 Å². The van der Waals surface area contributed by atoms with Crippen molar-refractivity contribution in [2.75, 3.05) is 32.8 Å². The Labute approximate surface area is 143 Å². The Balaban J connectivity index is 1.42. The monoisotopic (exact) mass is 330 g/mol. The molecular weight excluding hydrogens is 304 g/mol. The average Bonchev–Trinajstić information content (AvgIpc) is 3.06. The Bertz CT molecular complexity index is 561. The van der Waals surface area contributed by atoms with Crippen molar-refractivity contribution in [2.45, 2.75) is 37.5 Å². The number of nitrogens with zero attached hydrogens (tertiary/aromatic N) is 1. The Hall–Kier alpha value is -1.43. The number of rotatable bonds is 3. The third-order valence-corrected chi connectivity index (χ3v) is 5.60. The molecule has 1 aliphatic carbocycles. The van der Waals surface area contributed by atoms with Gasteiger partial charge in [0.2, 0.25) is 5.91 Å². The van der Waals surface area contributed by atoms with Crippen LogP contribution in [0.5, 0.6) is 0 Å². The molecule has 1 aromatic rings. The van der Waals surface area contributed by atoms with Crippen molar-refractivity contribution in [1.29, 1.82) is 0 Å². The van der Waals surface area contributed by atoms with Crippen LogP contribution in [0, 0.1) is 5.92 Å². The summed E-state index contributed by atoms with van der Waals surface area (Å²) in [6, 6.07) is 9.96. The number of nitrogens with one attached hydrogen (secondary N) is 1. The van der Waals surface area contributed by atoms with Gasteiger partial charge in [0, 0.05) is 32.5 Å². The zero-order valence-electron chi connectivity index (χ0n) is 14.1.